The smallest absolute Gasteiger partial charge is 0.253 e. The molecule has 1 N–H and O–H groups in total. The number of benzene rings is 3. The topological polar surface area (TPSA) is 38.3 Å². The molecule has 0 saturated carbocycles. The molecule has 0 heterocycles. The highest BCUT2D eigenvalue weighted by Gasteiger charge is 2.22. The van der Waals surface area contributed by atoms with Gasteiger partial charge in [0.05, 0.1) is 0 Å². The highest BCUT2D eigenvalue weighted by atomic mass is 16.5. The third-order valence-electron chi connectivity index (χ3n) is 4.46. The molecule has 3 heteroatoms. The van der Waals surface area contributed by atoms with E-state index in [2.05, 4.69) is 29.6 Å². The fourth-order valence-electron chi connectivity index (χ4n) is 3.12. The van der Waals surface area contributed by atoms with Crippen LogP contribution >= 0.6 is 0 Å². The normalized spacial score (nSPS) is 11.9. The van der Waals surface area contributed by atoms with Crippen LogP contribution in [0.4, 0.5) is 0 Å². The molecule has 1 unspecified atom stereocenters. The Hall–Kier alpha value is -2.91. The van der Waals surface area contributed by atoms with Crippen LogP contribution in [0.1, 0.15) is 28.7 Å². The van der Waals surface area contributed by atoms with Gasteiger partial charge in [-0.25, -0.2) is 0 Å². The van der Waals surface area contributed by atoms with Gasteiger partial charge in [-0.1, -0.05) is 91.0 Å². The van der Waals surface area contributed by atoms with E-state index in [9.17, 15) is 4.79 Å². The van der Waals surface area contributed by atoms with E-state index in [4.69, 9.17) is 4.74 Å². The highest BCUT2D eigenvalue weighted by Crippen LogP contribution is 2.24. The fraction of sp³-hybridized carbons (Fsp3) is 0.174. The van der Waals surface area contributed by atoms with E-state index in [1.165, 1.54) is 11.1 Å². The molecule has 3 aromatic carbocycles. The van der Waals surface area contributed by atoms with Crippen LogP contribution in [-0.4, -0.2) is 19.6 Å². The summed E-state index contributed by atoms with van der Waals surface area (Å²) in [6.07, 6.45) is -0.608. The number of hydrogen-bond acceptors (Lipinski definition) is 2. The summed E-state index contributed by atoms with van der Waals surface area (Å²) in [7, 11) is 1.56. The molecule has 0 aliphatic rings. The number of hydrogen-bond donors (Lipinski definition) is 1. The van der Waals surface area contributed by atoms with Gasteiger partial charge in [0.25, 0.3) is 5.91 Å². The van der Waals surface area contributed by atoms with Crippen LogP contribution < -0.4 is 5.32 Å². The SMILES string of the molecule is COC(C(=O)NCC(c1ccccc1)c1ccccc1)c1ccccc1. The van der Waals surface area contributed by atoms with E-state index in [0.717, 1.165) is 5.56 Å². The summed E-state index contributed by atoms with van der Waals surface area (Å²) in [6.45, 7) is 0.513. The summed E-state index contributed by atoms with van der Waals surface area (Å²) in [6, 6.07) is 30.0. The van der Waals surface area contributed by atoms with Crippen molar-refractivity contribution in [3.8, 4) is 0 Å². The van der Waals surface area contributed by atoms with E-state index >= 15 is 0 Å². The van der Waals surface area contributed by atoms with Crippen LogP contribution in [0.2, 0.25) is 0 Å². The first-order chi connectivity index (χ1) is 12.8. The number of amides is 1. The lowest BCUT2D eigenvalue weighted by atomic mass is 9.91. The second kappa shape index (κ2) is 8.97. The molecule has 0 aliphatic heterocycles. The Labute approximate surface area is 154 Å². The van der Waals surface area contributed by atoms with Crippen molar-refractivity contribution in [1.82, 2.24) is 5.32 Å². The quantitative estimate of drug-likeness (QED) is 0.692. The van der Waals surface area contributed by atoms with E-state index < -0.39 is 6.10 Å². The van der Waals surface area contributed by atoms with E-state index in [0.29, 0.717) is 6.54 Å². The molecule has 1 amide bonds. The van der Waals surface area contributed by atoms with Crippen LogP contribution in [0.5, 0.6) is 0 Å². The summed E-state index contributed by atoms with van der Waals surface area (Å²) in [5.74, 6) is -0.0369. The average Bonchev–Trinajstić information content (AvgIpc) is 2.71. The van der Waals surface area contributed by atoms with Crippen molar-refractivity contribution in [3.05, 3.63) is 108 Å². The second-order valence-corrected chi connectivity index (χ2v) is 6.15. The molecule has 0 spiro atoms. The molecule has 3 aromatic rings. The zero-order chi connectivity index (χ0) is 18.2. The third-order valence-corrected chi connectivity index (χ3v) is 4.46. The van der Waals surface area contributed by atoms with Crippen molar-refractivity contribution in [3.63, 3.8) is 0 Å². The number of carbonyl (C=O) groups excluding carboxylic acids is 1. The predicted octanol–water partition coefficient (Wildman–Crippen LogP) is 4.32. The van der Waals surface area contributed by atoms with Crippen LogP contribution in [0.3, 0.4) is 0 Å². The molecule has 132 valence electrons. The van der Waals surface area contributed by atoms with Gasteiger partial charge in [0, 0.05) is 19.6 Å². The number of methoxy groups -OCH3 is 1. The predicted molar refractivity (Wildman–Crippen MR) is 104 cm³/mol. The molecule has 26 heavy (non-hydrogen) atoms. The lowest BCUT2D eigenvalue weighted by Crippen LogP contribution is -2.33. The highest BCUT2D eigenvalue weighted by molar-refractivity contribution is 5.82. The Morgan fingerprint density at radius 2 is 1.19 bits per heavy atom. The molecule has 0 saturated heterocycles. The molecule has 0 fully saturated rings. The van der Waals surface area contributed by atoms with E-state index in [-0.39, 0.29) is 11.8 Å². The van der Waals surface area contributed by atoms with Gasteiger partial charge in [0.2, 0.25) is 0 Å². The Balaban J connectivity index is 1.76. The molecule has 3 rings (SSSR count). The molecule has 0 radical (unpaired) electrons. The minimum Gasteiger partial charge on any atom is -0.367 e. The van der Waals surface area contributed by atoms with Gasteiger partial charge in [-0.15, -0.1) is 0 Å². The van der Waals surface area contributed by atoms with Gasteiger partial charge < -0.3 is 10.1 Å². The Morgan fingerprint density at radius 3 is 1.62 bits per heavy atom. The number of ether oxygens (including phenoxy) is 1. The molecular formula is C23H23NO2. The van der Waals surface area contributed by atoms with Crippen molar-refractivity contribution < 1.29 is 9.53 Å². The van der Waals surface area contributed by atoms with Crippen molar-refractivity contribution in [2.75, 3.05) is 13.7 Å². The van der Waals surface area contributed by atoms with Crippen molar-refractivity contribution in [1.29, 1.82) is 0 Å². The van der Waals surface area contributed by atoms with Gasteiger partial charge in [-0.05, 0) is 16.7 Å². The fourth-order valence-corrected chi connectivity index (χ4v) is 3.12. The minimum atomic E-state index is -0.608. The van der Waals surface area contributed by atoms with Crippen LogP contribution in [0, 0.1) is 0 Å². The van der Waals surface area contributed by atoms with E-state index in [1.807, 2.05) is 66.7 Å². The Morgan fingerprint density at radius 1 is 0.769 bits per heavy atom. The first-order valence-electron chi connectivity index (χ1n) is 8.75. The molecule has 3 nitrogen and oxygen atoms in total. The number of nitrogens with one attached hydrogen (secondary N) is 1. The monoisotopic (exact) mass is 345 g/mol. The maximum atomic E-state index is 12.7. The van der Waals surface area contributed by atoms with Gasteiger partial charge in [-0.3, -0.25) is 4.79 Å². The lowest BCUT2D eigenvalue weighted by Gasteiger charge is -2.21. The van der Waals surface area contributed by atoms with Crippen molar-refractivity contribution in [2.45, 2.75) is 12.0 Å². The van der Waals surface area contributed by atoms with Crippen molar-refractivity contribution in [2.24, 2.45) is 0 Å². The Bertz CT molecular complexity index is 764. The summed E-state index contributed by atoms with van der Waals surface area (Å²) in [5, 5.41) is 3.07. The standard InChI is InChI=1S/C23H23NO2/c1-26-22(20-15-9-4-10-16-20)23(25)24-17-21(18-11-5-2-6-12-18)19-13-7-3-8-14-19/h2-16,21-22H,17H2,1H3,(H,24,25). The van der Waals surface area contributed by atoms with Crippen LogP contribution in [0.25, 0.3) is 0 Å². The van der Waals surface area contributed by atoms with Crippen LogP contribution in [-0.2, 0) is 9.53 Å². The summed E-state index contributed by atoms with van der Waals surface area (Å²) < 4.78 is 5.43. The third kappa shape index (κ3) is 4.38. The zero-order valence-corrected chi connectivity index (χ0v) is 14.8. The largest absolute Gasteiger partial charge is 0.367 e. The van der Waals surface area contributed by atoms with Gasteiger partial charge >= 0.3 is 0 Å². The first-order valence-corrected chi connectivity index (χ1v) is 8.75. The Kier molecular flexibility index (Phi) is 6.18. The summed E-state index contributed by atoms with van der Waals surface area (Å²) >= 11 is 0. The molecule has 0 bridgehead atoms. The average molecular weight is 345 g/mol. The van der Waals surface area contributed by atoms with Crippen LogP contribution in [0.15, 0.2) is 91.0 Å². The number of rotatable bonds is 7. The van der Waals surface area contributed by atoms with Gasteiger partial charge in [0.1, 0.15) is 0 Å². The summed E-state index contributed by atoms with van der Waals surface area (Å²) in [5.41, 5.74) is 3.20. The van der Waals surface area contributed by atoms with E-state index in [1.54, 1.807) is 7.11 Å². The maximum absolute atomic E-state index is 12.7. The number of carbonyl (C=O) groups is 1. The van der Waals surface area contributed by atoms with Gasteiger partial charge in [-0.2, -0.15) is 0 Å². The molecular weight excluding hydrogens is 322 g/mol. The first kappa shape index (κ1) is 17.9. The molecule has 0 aromatic heterocycles. The van der Waals surface area contributed by atoms with Crippen molar-refractivity contribution >= 4 is 5.91 Å². The zero-order valence-electron chi connectivity index (χ0n) is 14.8. The second-order valence-electron chi connectivity index (χ2n) is 6.15. The van der Waals surface area contributed by atoms with Gasteiger partial charge in [0.15, 0.2) is 6.10 Å². The lowest BCUT2D eigenvalue weighted by molar-refractivity contribution is -0.131. The molecule has 0 aliphatic carbocycles. The maximum Gasteiger partial charge on any atom is 0.253 e. The summed E-state index contributed by atoms with van der Waals surface area (Å²) in [4.78, 5) is 12.7. The minimum absolute atomic E-state index is 0.0922. The molecule has 1 atom stereocenters.